The fourth-order valence-corrected chi connectivity index (χ4v) is 2.48. The number of carbonyl (C=O) groups excluding carboxylic acids is 1. The number of piperidine rings is 1. The third-order valence-corrected chi connectivity index (χ3v) is 3.61. The van der Waals surface area contributed by atoms with Gasteiger partial charge in [0, 0.05) is 5.69 Å². The predicted molar refractivity (Wildman–Crippen MR) is 71.9 cm³/mol. The molecule has 0 bridgehead atoms. The summed E-state index contributed by atoms with van der Waals surface area (Å²) in [6.45, 7) is 1.20. The van der Waals surface area contributed by atoms with E-state index in [1.807, 2.05) is 0 Å². The van der Waals surface area contributed by atoms with Crippen LogP contribution in [-0.2, 0) is 15.7 Å². The van der Waals surface area contributed by atoms with E-state index in [4.69, 9.17) is 4.74 Å². The van der Waals surface area contributed by atoms with Gasteiger partial charge in [0.15, 0.2) is 0 Å². The summed E-state index contributed by atoms with van der Waals surface area (Å²) in [5.41, 5.74) is -1.47. The summed E-state index contributed by atoms with van der Waals surface area (Å²) in [6, 6.07) is 4.84. The average molecular weight is 302 g/mol. The molecule has 1 aliphatic rings. The number of carbonyl (C=O) groups is 1. The molecule has 2 rings (SSSR count). The van der Waals surface area contributed by atoms with E-state index in [1.165, 1.54) is 19.2 Å². The Bertz CT molecular complexity index is 511. The van der Waals surface area contributed by atoms with Crippen LogP contribution in [-0.4, -0.2) is 31.7 Å². The summed E-state index contributed by atoms with van der Waals surface area (Å²) in [7, 11) is 1.28. The van der Waals surface area contributed by atoms with Crippen LogP contribution in [0.5, 0.6) is 0 Å². The average Bonchev–Trinajstić information content (AvgIpc) is 2.46. The highest BCUT2D eigenvalue weighted by Crippen LogP contribution is 2.32. The van der Waals surface area contributed by atoms with Gasteiger partial charge in [-0.3, -0.25) is 0 Å². The van der Waals surface area contributed by atoms with Gasteiger partial charge in [-0.1, -0.05) is 6.07 Å². The van der Waals surface area contributed by atoms with Crippen molar-refractivity contribution in [1.29, 1.82) is 0 Å². The van der Waals surface area contributed by atoms with Crippen molar-refractivity contribution in [1.82, 2.24) is 5.32 Å². The molecule has 1 fully saturated rings. The van der Waals surface area contributed by atoms with Crippen LogP contribution in [0.2, 0.25) is 0 Å². The summed E-state index contributed by atoms with van der Waals surface area (Å²) in [4.78, 5) is 12.0. The Balaban J connectivity index is 2.27. The number of alkyl halides is 3. The Kier molecular flexibility index (Phi) is 4.41. The fourth-order valence-electron chi connectivity index (χ4n) is 2.48. The third kappa shape index (κ3) is 3.47. The molecule has 1 saturated heterocycles. The largest absolute Gasteiger partial charge is 0.467 e. The second-order valence-corrected chi connectivity index (χ2v) is 5.03. The van der Waals surface area contributed by atoms with Crippen molar-refractivity contribution in [2.75, 3.05) is 25.5 Å². The van der Waals surface area contributed by atoms with Gasteiger partial charge in [0.1, 0.15) is 5.54 Å². The van der Waals surface area contributed by atoms with Crippen LogP contribution in [0.15, 0.2) is 24.3 Å². The molecule has 4 nitrogen and oxygen atoms in total. The minimum absolute atomic E-state index is 0.261. The minimum atomic E-state index is -4.41. The third-order valence-electron chi connectivity index (χ3n) is 3.61. The van der Waals surface area contributed by atoms with Crippen LogP contribution in [0.1, 0.15) is 18.4 Å². The van der Waals surface area contributed by atoms with Gasteiger partial charge in [-0.2, -0.15) is 13.2 Å². The van der Waals surface area contributed by atoms with Gasteiger partial charge in [-0.15, -0.1) is 0 Å². The second kappa shape index (κ2) is 5.93. The zero-order valence-electron chi connectivity index (χ0n) is 11.6. The Morgan fingerprint density at radius 1 is 1.33 bits per heavy atom. The van der Waals surface area contributed by atoms with Gasteiger partial charge in [0.2, 0.25) is 0 Å². The summed E-state index contributed by atoms with van der Waals surface area (Å²) < 4.78 is 43.0. The van der Waals surface area contributed by atoms with Crippen molar-refractivity contribution in [3.8, 4) is 0 Å². The minimum Gasteiger partial charge on any atom is -0.467 e. The molecule has 1 aliphatic heterocycles. The van der Waals surface area contributed by atoms with Crippen molar-refractivity contribution < 1.29 is 22.7 Å². The van der Waals surface area contributed by atoms with E-state index < -0.39 is 23.2 Å². The number of nitrogens with one attached hydrogen (secondary N) is 2. The lowest BCUT2D eigenvalue weighted by molar-refractivity contribution is -0.147. The van der Waals surface area contributed by atoms with Crippen molar-refractivity contribution in [3.63, 3.8) is 0 Å². The van der Waals surface area contributed by atoms with Crippen LogP contribution in [0, 0.1) is 0 Å². The molecule has 1 aromatic carbocycles. The molecule has 116 valence electrons. The maximum Gasteiger partial charge on any atom is 0.416 e. The molecule has 1 aromatic rings. The van der Waals surface area contributed by atoms with Crippen LogP contribution < -0.4 is 10.6 Å². The zero-order chi connectivity index (χ0) is 15.5. The van der Waals surface area contributed by atoms with Gasteiger partial charge >= 0.3 is 12.1 Å². The SMILES string of the molecule is COC(=O)C1(Nc2cccc(C(F)(F)F)c2)CCNCC1. The first-order valence-electron chi connectivity index (χ1n) is 6.62. The normalized spacial score (nSPS) is 18.1. The molecule has 7 heteroatoms. The van der Waals surface area contributed by atoms with E-state index >= 15 is 0 Å². The molecule has 0 radical (unpaired) electrons. The number of benzene rings is 1. The van der Waals surface area contributed by atoms with Crippen LogP contribution in [0.4, 0.5) is 18.9 Å². The van der Waals surface area contributed by atoms with Gasteiger partial charge < -0.3 is 15.4 Å². The number of rotatable bonds is 3. The maximum atomic E-state index is 12.7. The summed E-state index contributed by atoms with van der Waals surface area (Å²) in [5, 5.41) is 6.06. The summed E-state index contributed by atoms with van der Waals surface area (Å²) in [5.74, 6) is -0.457. The molecule has 1 heterocycles. The highest BCUT2D eigenvalue weighted by molar-refractivity contribution is 5.84. The first-order chi connectivity index (χ1) is 9.87. The molecular weight excluding hydrogens is 285 g/mol. The van der Waals surface area contributed by atoms with Crippen LogP contribution in [0.25, 0.3) is 0 Å². The molecule has 0 saturated carbocycles. The molecular formula is C14H17F3N2O2. The lowest BCUT2D eigenvalue weighted by Gasteiger charge is -2.36. The zero-order valence-corrected chi connectivity index (χ0v) is 11.6. The Morgan fingerprint density at radius 2 is 2.00 bits per heavy atom. The van der Waals surface area contributed by atoms with E-state index in [-0.39, 0.29) is 5.69 Å². The van der Waals surface area contributed by atoms with E-state index in [2.05, 4.69) is 10.6 Å². The second-order valence-electron chi connectivity index (χ2n) is 5.03. The molecule has 21 heavy (non-hydrogen) atoms. The topological polar surface area (TPSA) is 50.4 Å². The van der Waals surface area contributed by atoms with Gasteiger partial charge in [-0.25, -0.2) is 4.79 Å². The van der Waals surface area contributed by atoms with E-state index in [0.29, 0.717) is 25.9 Å². The van der Waals surface area contributed by atoms with Crippen molar-refractivity contribution >= 4 is 11.7 Å². The number of methoxy groups -OCH3 is 1. The number of esters is 1. The quantitative estimate of drug-likeness (QED) is 0.842. The summed E-state index contributed by atoms with van der Waals surface area (Å²) >= 11 is 0. The standard InChI is InChI=1S/C14H17F3N2O2/c1-21-12(20)13(5-7-18-8-6-13)19-11-4-2-3-10(9-11)14(15,16)17/h2-4,9,18-19H,5-8H2,1H3. The number of halogens is 3. The van der Waals surface area contributed by atoms with Crippen LogP contribution in [0.3, 0.4) is 0 Å². The highest BCUT2D eigenvalue weighted by atomic mass is 19.4. The molecule has 0 aromatic heterocycles. The molecule has 2 N–H and O–H groups in total. The van der Waals surface area contributed by atoms with Crippen molar-refractivity contribution in [2.45, 2.75) is 24.6 Å². The highest BCUT2D eigenvalue weighted by Gasteiger charge is 2.41. The maximum absolute atomic E-state index is 12.7. The number of anilines is 1. The van der Waals surface area contributed by atoms with Crippen LogP contribution >= 0.6 is 0 Å². The number of hydrogen-bond acceptors (Lipinski definition) is 4. The smallest absolute Gasteiger partial charge is 0.416 e. The fraction of sp³-hybridized carbons (Fsp3) is 0.500. The predicted octanol–water partition coefficient (Wildman–Crippen LogP) is 2.41. The first kappa shape index (κ1) is 15.6. The lowest BCUT2D eigenvalue weighted by Crippen LogP contribution is -2.54. The molecule has 0 unspecified atom stereocenters. The van der Waals surface area contributed by atoms with E-state index in [1.54, 1.807) is 0 Å². The summed E-state index contributed by atoms with van der Waals surface area (Å²) in [6.07, 6.45) is -3.50. The van der Waals surface area contributed by atoms with Gasteiger partial charge in [0.25, 0.3) is 0 Å². The molecule has 0 aliphatic carbocycles. The van der Waals surface area contributed by atoms with Crippen molar-refractivity contribution in [2.24, 2.45) is 0 Å². The monoisotopic (exact) mass is 302 g/mol. The number of hydrogen-bond donors (Lipinski definition) is 2. The van der Waals surface area contributed by atoms with Crippen molar-refractivity contribution in [3.05, 3.63) is 29.8 Å². The Labute approximate surface area is 120 Å². The molecule has 0 amide bonds. The van der Waals surface area contributed by atoms with E-state index in [9.17, 15) is 18.0 Å². The molecule has 0 atom stereocenters. The Morgan fingerprint density at radius 3 is 2.57 bits per heavy atom. The molecule has 0 spiro atoms. The Hall–Kier alpha value is -1.76. The van der Waals surface area contributed by atoms with E-state index in [0.717, 1.165) is 12.1 Å². The lowest BCUT2D eigenvalue weighted by atomic mass is 9.88. The first-order valence-corrected chi connectivity index (χ1v) is 6.62. The van der Waals surface area contributed by atoms with Gasteiger partial charge in [-0.05, 0) is 44.1 Å². The van der Waals surface area contributed by atoms with Gasteiger partial charge in [0.05, 0.1) is 12.7 Å². The number of ether oxygens (including phenoxy) is 1.